The Bertz CT molecular complexity index is 447. The first-order valence-corrected chi connectivity index (χ1v) is 3.73. The van der Waals surface area contributed by atoms with E-state index in [-0.39, 0.29) is 5.56 Å². The molecule has 0 radical (unpaired) electrons. The molecule has 0 spiro atoms. The normalized spacial score (nSPS) is 10.2. The number of aromatic amines is 1. The lowest BCUT2D eigenvalue weighted by molar-refractivity contribution is -0.653. The van der Waals surface area contributed by atoms with Gasteiger partial charge in [0.25, 0.3) is 0 Å². The Labute approximate surface area is 73.7 Å². The average Bonchev–Trinajstić information content (AvgIpc) is 2.63. The van der Waals surface area contributed by atoms with Crippen molar-refractivity contribution in [3.63, 3.8) is 0 Å². The fourth-order valence-electron chi connectivity index (χ4n) is 1.30. The molecule has 0 aliphatic heterocycles. The highest BCUT2D eigenvalue weighted by atomic mass is 17.1. The summed E-state index contributed by atoms with van der Waals surface area (Å²) < 4.78 is 0. The zero-order valence-electron chi connectivity index (χ0n) is 6.61. The van der Waals surface area contributed by atoms with Gasteiger partial charge >= 0.3 is 5.97 Å². The van der Waals surface area contributed by atoms with Crippen molar-refractivity contribution in [2.75, 3.05) is 0 Å². The Morgan fingerprint density at radius 2 is 2.23 bits per heavy atom. The average molecular weight is 176 g/mol. The van der Waals surface area contributed by atoms with E-state index in [4.69, 9.17) is 0 Å². The van der Waals surface area contributed by atoms with Crippen LogP contribution < -0.4 is 5.26 Å². The minimum Gasteiger partial charge on any atom is -0.661 e. The number of carbonyl (C=O) groups excluding carboxylic acids is 1. The van der Waals surface area contributed by atoms with Crippen molar-refractivity contribution in [3.8, 4) is 0 Å². The van der Waals surface area contributed by atoms with Crippen molar-refractivity contribution >= 4 is 16.9 Å². The zero-order valence-corrected chi connectivity index (χ0v) is 6.61. The third-order valence-corrected chi connectivity index (χ3v) is 1.88. The van der Waals surface area contributed by atoms with E-state index in [1.165, 1.54) is 0 Å². The number of nitrogens with one attached hydrogen (secondary N) is 1. The van der Waals surface area contributed by atoms with Crippen LogP contribution in [0.4, 0.5) is 0 Å². The van der Waals surface area contributed by atoms with Gasteiger partial charge in [0.05, 0.1) is 11.1 Å². The molecule has 0 unspecified atom stereocenters. The van der Waals surface area contributed by atoms with Crippen LogP contribution in [0.1, 0.15) is 10.4 Å². The van der Waals surface area contributed by atoms with Crippen molar-refractivity contribution in [1.29, 1.82) is 0 Å². The van der Waals surface area contributed by atoms with Gasteiger partial charge < -0.3 is 15.1 Å². The third-order valence-electron chi connectivity index (χ3n) is 1.88. The summed E-state index contributed by atoms with van der Waals surface area (Å²) in [5.74, 6) is -0.868. The van der Waals surface area contributed by atoms with Crippen LogP contribution in [0.3, 0.4) is 0 Å². The van der Waals surface area contributed by atoms with Crippen LogP contribution in [0.2, 0.25) is 0 Å². The summed E-state index contributed by atoms with van der Waals surface area (Å²) in [6.07, 6.45) is 1.70. The van der Waals surface area contributed by atoms with E-state index in [1.54, 1.807) is 18.3 Å². The Morgan fingerprint density at radius 3 is 3.00 bits per heavy atom. The van der Waals surface area contributed by atoms with Crippen LogP contribution in [0.5, 0.6) is 0 Å². The molecule has 2 aromatic rings. The Balaban J connectivity index is 2.67. The first-order valence-electron chi connectivity index (χ1n) is 3.73. The van der Waals surface area contributed by atoms with E-state index in [2.05, 4.69) is 9.87 Å². The van der Waals surface area contributed by atoms with Gasteiger partial charge in [0.2, 0.25) is 0 Å². The Morgan fingerprint density at radius 1 is 1.38 bits per heavy atom. The maximum atomic E-state index is 11.0. The van der Waals surface area contributed by atoms with Crippen LogP contribution in [-0.2, 0) is 4.89 Å². The highest BCUT2D eigenvalue weighted by Crippen LogP contribution is 2.16. The molecule has 2 rings (SSSR count). The lowest BCUT2D eigenvalue weighted by Gasteiger charge is -2.06. The smallest absolute Gasteiger partial charge is 0.334 e. The van der Waals surface area contributed by atoms with Gasteiger partial charge in [-0.3, -0.25) is 0 Å². The van der Waals surface area contributed by atoms with E-state index in [0.717, 1.165) is 5.39 Å². The van der Waals surface area contributed by atoms with Crippen molar-refractivity contribution < 1.29 is 14.9 Å². The van der Waals surface area contributed by atoms with E-state index >= 15 is 0 Å². The molecule has 0 atom stereocenters. The predicted molar refractivity (Wildman–Crippen MR) is 43.7 cm³/mol. The molecule has 13 heavy (non-hydrogen) atoms. The molecule has 0 saturated carbocycles. The third kappa shape index (κ3) is 1.17. The maximum absolute atomic E-state index is 11.0. The van der Waals surface area contributed by atoms with Gasteiger partial charge in [-0.2, -0.15) is 0 Å². The molecule has 66 valence electrons. The SMILES string of the molecule is O=C(O[O-])c1cccc2cc[nH]c12. The molecule has 0 aliphatic rings. The van der Waals surface area contributed by atoms with Crippen molar-refractivity contribution in [3.05, 3.63) is 36.0 Å². The van der Waals surface area contributed by atoms with Crippen molar-refractivity contribution in [2.24, 2.45) is 0 Å². The molecule has 0 saturated heterocycles. The van der Waals surface area contributed by atoms with E-state index < -0.39 is 5.97 Å². The molecule has 1 aromatic carbocycles. The van der Waals surface area contributed by atoms with E-state index in [9.17, 15) is 10.1 Å². The summed E-state index contributed by atoms with van der Waals surface area (Å²) in [4.78, 5) is 17.2. The lowest BCUT2D eigenvalue weighted by atomic mass is 10.1. The zero-order chi connectivity index (χ0) is 9.26. The minimum atomic E-state index is -0.868. The van der Waals surface area contributed by atoms with Crippen LogP contribution in [0.15, 0.2) is 30.5 Å². The summed E-state index contributed by atoms with van der Waals surface area (Å²) in [5.41, 5.74) is 0.890. The van der Waals surface area contributed by atoms with Gasteiger partial charge in [-0.15, -0.1) is 0 Å². The van der Waals surface area contributed by atoms with Crippen LogP contribution in [-0.4, -0.2) is 11.0 Å². The predicted octanol–water partition coefficient (Wildman–Crippen LogP) is 0.600. The fourth-order valence-corrected chi connectivity index (χ4v) is 1.30. The molecule has 4 nitrogen and oxygen atoms in total. The minimum absolute atomic E-state index is 0.262. The lowest BCUT2D eigenvalue weighted by Crippen LogP contribution is -2.14. The Kier molecular flexibility index (Phi) is 1.75. The van der Waals surface area contributed by atoms with Gasteiger partial charge in [-0.1, -0.05) is 12.1 Å². The van der Waals surface area contributed by atoms with Crippen molar-refractivity contribution in [2.45, 2.75) is 0 Å². The molecule has 1 aromatic heterocycles. The number of para-hydroxylation sites is 1. The van der Waals surface area contributed by atoms with Gasteiger partial charge in [0, 0.05) is 11.6 Å². The van der Waals surface area contributed by atoms with Crippen molar-refractivity contribution in [1.82, 2.24) is 4.98 Å². The summed E-state index contributed by atoms with van der Waals surface area (Å²) in [6.45, 7) is 0. The van der Waals surface area contributed by atoms with E-state index in [1.807, 2.05) is 12.1 Å². The van der Waals surface area contributed by atoms with Gasteiger partial charge in [-0.05, 0) is 12.1 Å². The Hall–Kier alpha value is -1.81. The number of H-pyrrole nitrogens is 1. The molecule has 0 bridgehead atoms. The van der Waals surface area contributed by atoms with Crippen LogP contribution >= 0.6 is 0 Å². The molecule has 0 fully saturated rings. The van der Waals surface area contributed by atoms with Crippen LogP contribution in [0.25, 0.3) is 10.9 Å². The van der Waals surface area contributed by atoms with E-state index in [0.29, 0.717) is 5.52 Å². The highest BCUT2D eigenvalue weighted by Gasteiger charge is 2.08. The molecule has 0 aliphatic carbocycles. The second-order valence-corrected chi connectivity index (χ2v) is 2.62. The largest absolute Gasteiger partial charge is 0.661 e. The topological polar surface area (TPSA) is 65.2 Å². The molecule has 1 heterocycles. The number of benzene rings is 1. The second-order valence-electron chi connectivity index (χ2n) is 2.62. The molecular weight excluding hydrogens is 170 g/mol. The summed E-state index contributed by atoms with van der Waals surface area (Å²) in [5, 5.41) is 10.8. The van der Waals surface area contributed by atoms with Gasteiger partial charge in [0.15, 0.2) is 0 Å². The van der Waals surface area contributed by atoms with Crippen LogP contribution in [0, 0.1) is 0 Å². The fraction of sp³-hybridized carbons (Fsp3) is 0. The number of rotatable bonds is 1. The number of aromatic nitrogens is 1. The van der Waals surface area contributed by atoms with Gasteiger partial charge in [0.1, 0.15) is 0 Å². The molecule has 0 amide bonds. The standard InChI is InChI=1S/C9H7NO3/c11-9(13-12)7-3-1-2-6-4-5-10-8(6)7/h1-5,10,12H/p-1. The monoisotopic (exact) mass is 176 g/mol. The summed E-state index contributed by atoms with van der Waals surface area (Å²) in [7, 11) is 0. The summed E-state index contributed by atoms with van der Waals surface area (Å²) in [6, 6.07) is 6.89. The number of fused-ring (bicyclic) bond motifs is 1. The quantitative estimate of drug-likeness (QED) is 0.511. The molecule has 1 N–H and O–H groups in total. The number of carbonyl (C=O) groups is 1. The molecular formula is C9H6NO3-. The first-order chi connectivity index (χ1) is 6.33. The summed E-state index contributed by atoms with van der Waals surface area (Å²) >= 11 is 0. The first kappa shape index (κ1) is 7.82. The number of hydrogen-bond donors (Lipinski definition) is 1. The van der Waals surface area contributed by atoms with Gasteiger partial charge in [-0.25, -0.2) is 4.79 Å². The highest BCUT2D eigenvalue weighted by molar-refractivity contribution is 6.02. The maximum Gasteiger partial charge on any atom is 0.334 e. The number of hydrogen-bond acceptors (Lipinski definition) is 3. The second kappa shape index (κ2) is 2.91. The molecule has 4 heteroatoms.